The summed E-state index contributed by atoms with van der Waals surface area (Å²) in [6, 6.07) is 12.7. The summed E-state index contributed by atoms with van der Waals surface area (Å²) in [6.07, 6.45) is 0.0189. The third-order valence-corrected chi connectivity index (χ3v) is 5.33. The van der Waals surface area contributed by atoms with Gasteiger partial charge in [0, 0.05) is 5.69 Å². The van der Waals surface area contributed by atoms with E-state index in [4.69, 9.17) is 4.74 Å². The van der Waals surface area contributed by atoms with E-state index >= 15 is 0 Å². The molecule has 0 fully saturated rings. The number of aromatic nitrogens is 2. The van der Waals surface area contributed by atoms with Gasteiger partial charge in [-0.05, 0) is 62.9 Å². The molecule has 3 rings (SSSR count). The molecule has 0 aliphatic carbocycles. The standard InChI is InChI=1S/C24H27N3O3/c1-6-14(2)19-9-7-8-10-20(19)27-23(28)17(5)30-24(29)18-11-12-21-22(13-18)26-16(4)15(3)25-21/h7-14,17H,6H2,1-5H3,(H,27,28)/t14-,17+/m1/s1. The number of nitrogens with zero attached hydrogens (tertiary/aromatic N) is 2. The summed E-state index contributed by atoms with van der Waals surface area (Å²) in [5.41, 5.74) is 5.12. The van der Waals surface area contributed by atoms with Crippen LogP contribution in [0, 0.1) is 13.8 Å². The van der Waals surface area contributed by atoms with Crippen LogP contribution in [-0.4, -0.2) is 27.9 Å². The maximum Gasteiger partial charge on any atom is 0.338 e. The van der Waals surface area contributed by atoms with Crippen LogP contribution in [-0.2, 0) is 9.53 Å². The number of rotatable bonds is 6. The second-order valence-corrected chi connectivity index (χ2v) is 7.53. The van der Waals surface area contributed by atoms with Crippen LogP contribution in [0.5, 0.6) is 0 Å². The van der Waals surface area contributed by atoms with Crippen LogP contribution in [0.3, 0.4) is 0 Å². The molecule has 0 aliphatic rings. The zero-order valence-corrected chi connectivity index (χ0v) is 18.0. The molecule has 1 N–H and O–H groups in total. The van der Waals surface area contributed by atoms with Gasteiger partial charge in [-0.15, -0.1) is 0 Å². The van der Waals surface area contributed by atoms with E-state index in [0.717, 1.165) is 29.1 Å². The fourth-order valence-corrected chi connectivity index (χ4v) is 3.13. The number of para-hydroxylation sites is 1. The Kier molecular flexibility index (Phi) is 6.45. The molecule has 1 amide bonds. The Morgan fingerprint density at radius 3 is 2.37 bits per heavy atom. The van der Waals surface area contributed by atoms with E-state index in [2.05, 4.69) is 29.1 Å². The molecule has 0 unspecified atom stereocenters. The molecule has 6 heteroatoms. The van der Waals surface area contributed by atoms with E-state index in [1.807, 2.05) is 38.1 Å². The second-order valence-electron chi connectivity index (χ2n) is 7.53. The molecule has 3 aromatic rings. The summed E-state index contributed by atoms with van der Waals surface area (Å²) in [4.78, 5) is 34.1. The molecule has 6 nitrogen and oxygen atoms in total. The normalized spacial score (nSPS) is 13.0. The first kappa shape index (κ1) is 21.4. The van der Waals surface area contributed by atoms with Gasteiger partial charge in [-0.2, -0.15) is 0 Å². The van der Waals surface area contributed by atoms with Crippen molar-refractivity contribution in [2.45, 2.75) is 53.1 Å². The van der Waals surface area contributed by atoms with Gasteiger partial charge in [-0.3, -0.25) is 4.79 Å². The van der Waals surface area contributed by atoms with E-state index < -0.39 is 12.1 Å². The molecule has 1 aromatic heterocycles. The molecule has 0 saturated carbocycles. The van der Waals surface area contributed by atoms with Gasteiger partial charge in [0.2, 0.25) is 0 Å². The van der Waals surface area contributed by atoms with Crippen molar-refractivity contribution in [3.05, 3.63) is 65.0 Å². The third-order valence-electron chi connectivity index (χ3n) is 5.33. The van der Waals surface area contributed by atoms with E-state index in [1.165, 1.54) is 0 Å². The number of anilines is 1. The number of ether oxygens (including phenoxy) is 1. The van der Waals surface area contributed by atoms with Crippen molar-refractivity contribution in [3.8, 4) is 0 Å². The topological polar surface area (TPSA) is 81.2 Å². The molecule has 0 spiro atoms. The number of nitrogens with one attached hydrogen (secondary N) is 1. The highest BCUT2D eigenvalue weighted by molar-refractivity contribution is 5.98. The number of fused-ring (bicyclic) bond motifs is 1. The SMILES string of the molecule is CC[C@@H](C)c1ccccc1NC(=O)[C@H](C)OC(=O)c1ccc2nc(C)c(C)nc2c1. The maximum absolute atomic E-state index is 12.6. The van der Waals surface area contributed by atoms with Crippen molar-refractivity contribution >= 4 is 28.6 Å². The molecule has 0 saturated heterocycles. The van der Waals surface area contributed by atoms with Gasteiger partial charge in [-0.1, -0.05) is 32.0 Å². The molecule has 2 atom stereocenters. The van der Waals surface area contributed by atoms with Crippen molar-refractivity contribution in [3.63, 3.8) is 0 Å². The van der Waals surface area contributed by atoms with Crippen molar-refractivity contribution in [2.75, 3.05) is 5.32 Å². The summed E-state index contributed by atoms with van der Waals surface area (Å²) in [5.74, 6) is -0.633. The maximum atomic E-state index is 12.6. The Labute approximate surface area is 176 Å². The summed E-state index contributed by atoms with van der Waals surface area (Å²) in [7, 11) is 0. The monoisotopic (exact) mass is 405 g/mol. The molecular formula is C24H27N3O3. The first-order chi connectivity index (χ1) is 14.3. The Morgan fingerprint density at radius 2 is 1.67 bits per heavy atom. The Bertz CT molecular complexity index is 1090. The number of carbonyl (C=O) groups excluding carboxylic acids is 2. The largest absolute Gasteiger partial charge is 0.449 e. The van der Waals surface area contributed by atoms with Gasteiger partial charge in [-0.25, -0.2) is 14.8 Å². The fraction of sp³-hybridized carbons (Fsp3) is 0.333. The number of esters is 1. The molecule has 0 aliphatic heterocycles. The van der Waals surface area contributed by atoms with Crippen LogP contribution in [0.25, 0.3) is 11.0 Å². The van der Waals surface area contributed by atoms with Crippen LogP contribution < -0.4 is 5.32 Å². The van der Waals surface area contributed by atoms with Crippen LogP contribution in [0.1, 0.15) is 60.4 Å². The smallest absolute Gasteiger partial charge is 0.338 e. The van der Waals surface area contributed by atoms with Crippen molar-refractivity contribution in [1.29, 1.82) is 0 Å². The highest BCUT2D eigenvalue weighted by atomic mass is 16.5. The number of hydrogen-bond acceptors (Lipinski definition) is 5. The lowest BCUT2D eigenvalue weighted by molar-refractivity contribution is -0.123. The number of aryl methyl sites for hydroxylation is 2. The fourth-order valence-electron chi connectivity index (χ4n) is 3.13. The van der Waals surface area contributed by atoms with Crippen LogP contribution in [0.2, 0.25) is 0 Å². The summed E-state index contributed by atoms with van der Waals surface area (Å²) in [5, 5.41) is 2.89. The molecule has 0 bridgehead atoms. The Morgan fingerprint density at radius 1 is 1.00 bits per heavy atom. The van der Waals surface area contributed by atoms with Crippen LogP contribution in [0.15, 0.2) is 42.5 Å². The summed E-state index contributed by atoms with van der Waals surface area (Å²) in [6.45, 7) is 9.54. The van der Waals surface area contributed by atoms with Gasteiger partial charge >= 0.3 is 5.97 Å². The zero-order valence-electron chi connectivity index (χ0n) is 18.0. The lowest BCUT2D eigenvalue weighted by Crippen LogP contribution is -2.30. The number of hydrogen-bond donors (Lipinski definition) is 1. The highest BCUT2D eigenvalue weighted by Gasteiger charge is 2.21. The lowest BCUT2D eigenvalue weighted by Gasteiger charge is -2.18. The molecule has 1 heterocycles. The first-order valence-electron chi connectivity index (χ1n) is 10.2. The zero-order chi connectivity index (χ0) is 21.8. The van der Waals surface area contributed by atoms with Gasteiger partial charge in [0.25, 0.3) is 5.91 Å². The molecule has 2 aromatic carbocycles. The molecule has 30 heavy (non-hydrogen) atoms. The van der Waals surface area contributed by atoms with Crippen LogP contribution in [0.4, 0.5) is 5.69 Å². The Hall–Kier alpha value is -3.28. The summed E-state index contributed by atoms with van der Waals surface area (Å²) >= 11 is 0. The van der Waals surface area contributed by atoms with Gasteiger partial charge in [0.15, 0.2) is 6.10 Å². The van der Waals surface area contributed by atoms with Crippen molar-refractivity contribution in [1.82, 2.24) is 9.97 Å². The predicted octanol–water partition coefficient (Wildman–Crippen LogP) is 4.94. The average Bonchev–Trinajstić information content (AvgIpc) is 2.73. The van der Waals surface area contributed by atoms with E-state index in [-0.39, 0.29) is 5.91 Å². The van der Waals surface area contributed by atoms with E-state index in [0.29, 0.717) is 22.5 Å². The number of carbonyl (C=O) groups is 2. The van der Waals surface area contributed by atoms with Gasteiger partial charge in [0.05, 0.1) is 28.0 Å². The minimum atomic E-state index is -0.941. The van der Waals surface area contributed by atoms with Crippen molar-refractivity contribution < 1.29 is 14.3 Å². The average molecular weight is 405 g/mol. The van der Waals surface area contributed by atoms with Gasteiger partial charge in [0.1, 0.15) is 0 Å². The van der Waals surface area contributed by atoms with Gasteiger partial charge < -0.3 is 10.1 Å². The van der Waals surface area contributed by atoms with E-state index in [9.17, 15) is 9.59 Å². The molecular weight excluding hydrogens is 378 g/mol. The number of amides is 1. The summed E-state index contributed by atoms with van der Waals surface area (Å²) < 4.78 is 5.40. The second kappa shape index (κ2) is 9.03. The number of benzene rings is 2. The van der Waals surface area contributed by atoms with Crippen molar-refractivity contribution in [2.24, 2.45) is 0 Å². The first-order valence-corrected chi connectivity index (χ1v) is 10.2. The van der Waals surface area contributed by atoms with Crippen LogP contribution >= 0.6 is 0 Å². The third kappa shape index (κ3) is 4.64. The minimum Gasteiger partial charge on any atom is -0.449 e. The minimum absolute atomic E-state index is 0.310. The lowest BCUT2D eigenvalue weighted by atomic mass is 9.97. The highest BCUT2D eigenvalue weighted by Crippen LogP contribution is 2.26. The Balaban J connectivity index is 1.72. The quantitative estimate of drug-likeness (QED) is 0.587. The molecule has 0 radical (unpaired) electrons. The van der Waals surface area contributed by atoms with E-state index in [1.54, 1.807) is 25.1 Å². The predicted molar refractivity (Wildman–Crippen MR) is 118 cm³/mol. The molecule has 156 valence electrons.